The van der Waals surface area contributed by atoms with E-state index in [9.17, 15) is 106 Å². The van der Waals surface area contributed by atoms with Gasteiger partial charge in [-0.3, -0.25) is 19.2 Å². The lowest BCUT2D eigenvalue weighted by Gasteiger charge is -2.50. The van der Waals surface area contributed by atoms with E-state index in [-0.39, 0.29) is 12.3 Å². The maximum Gasteiger partial charge on any atom is 0.220 e. The van der Waals surface area contributed by atoms with E-state index < -0.39 is 260 Å². The number of aliphatic hydroxyl groups is 17. The molecule has 37 nitrogen and oxygen atoms in total. The van der Waals surface area contributed by atoms with E-state index >= 15 is 0 Å². The molecule has 21 N–H and O–H groups in total. The Labute approximate surface area is 661 Å². The molecule has 0 aromatic rings. The van der Waals surface area contributed by atoms with Gasteiger partial charge < -0.3 is 165 Å². The van der Waals surface area contributed by atoms with Crippen LogP contribution in [-0.2, 0) is 76.0 Å². The van der Waals surface area contributed by atoms with Gasteiger partial charge in [-0.05, 0) is 19.3 Å². The van der Waals surface area contributed by atoms with Crippen LogP contribution >= 0.6 is 0 Å². The van der Waals surface area contributed by atoms with E-state index in [0.717, 1.165) is 78.6 Å². The highest BCUT2D eigenvalue weighted by atomic mass is 16.8. The van der Waals surface area contributed by atoms with Crippen LogP contribution in [0, 0.1) is 0 Å². The molecule has 0 aliphatic carbocycles. The van der Waals surface area contributed by atoms with Gasteiger partial charge in [0, 0.05) is 27.2 Å². The first-order chi connectivity index (χ1) is 54.2. The number of nitrogens with one attached hydrogen (secondary N) is 4. The summed E-state index contributed by atoms with van der Waals surface area (Å²) in [5, 5.41) is 202. The largest absolute Gasteiger partial charge is 0.394 e. The highest BCUT2D eigenvalue weighted by molar-refractivity contribution is 5.76. The molecular weight excluding hydrogens is 1500 g/mol. The number of carbonyl (C=O) groups is 4. The molecule has 0 saturated carbocycles. The Kier molecular flexibility index (Phi) is 45.1. The van der Waals surface area contributed by atoms with Crippen LogP contribution < -0.4 is 21.3 Å². The first-order valence-electron chi connectivity index (χ1n) is 40.9. The van der Waals surface area contributed by atoms with Gasteiger partial charge in [-0.2, -0.15) is 0 Å². The standard InChI is InChI=1S/C76H136N4O33/c1-6-8-10-12-14-16-18-20-22-24-26-28-30-32-45(89)44(80-52(90)33-31-29-27-25-23-21-19-17-15-13-11-9-7-2)39-102-74-64(99)63(98)67(50(38-85)108-74)110-76-66(101)70(60(95)51(109-76)40-103-71-53(77-41(3)86)61(96)56(91)46(34-81)104-71)113-75-65(100)69(59(94)49(37-84)107-75)112-73-55(79-43(5)88)68(58(93)48(36-83)106-73)111-72-54(78-42(4)87)62(97)57(92)47(35-82)105-72/h30,32,44-51,53-76,81-85,89,91-101H,6-29,31,33-40H2,1-5H3,(H,77,86)(H,78,87)(H,79,88)(H,80,90)/b32-30+/t44-,45+,46?,47?,48?,49?,50?,51?,53?,54?,55?,56+,57-,58-,59-,60-,61+,62+,63+,64?,65?,66?,67+,68+,69-,70-,71+,72+,73-,74+,75+,76-/m0/s1. The fourth-order valence-corrected chi connectivity index (χ4v) is 15.0. The van der Waals surface area contributed by atoms with Gasteiger partial charge in [0.1, 0.15) is 146 Å². The van der Waals surface area contributed by atoms with Crippen LogP contribution in [0.2, 0.25) is 0 Å². The number of allylic oxidation sites excluding steroid dienone is 1. The lowest BCUT2D eigenvalue weighted by atomic mass is 9.93. The number of aliphatic hydroxyl groups excluding tert-OH is 17. The summed E-state index contributed by atoms with van der Waals surface area (Å²) in [6, 6.07) is -6.12. The molecule has 6 aliphatic rings. The molecule has 0 aromatic heterocycles. The van der Waals surface area contributed by atoms with E-state index in [1.165, 1.54) is 89.9 Å². The molecule has 0 bridgehead atoms. The highest BCUT2D eigenvalue weighted by Gasteiger charge is 2.58. The van der Waals surface area contributed by atoms with Crippen molar-refractivity contribution in [3.63, 3.8) is 0 Å². The SMILES string of the molecule is CCCCCCCCCCCCC/C=C/[C@@H](O)[C@H](CO[C@@H]1OC(CO)[C@@H](O[C@@H]2OC(CO[C@@H]3OC(CO)[C@@H](O)[C@H](O)C3NC(C)=O)[C@H](O)[C@H](O[C@H]3OC(CO)[C@H](O)[C@H](O[C@@H]4OC(CO)[C@H](O)[C@H](O[C@H]5OC(CO)[C@H](O)[C@H](O)C5NC(C)=O)C4NC(C)=O)C3O)C2O)[C@H](O)C1O)NC(=O)CCCCCCCCCCCCCCC. The molecule has 6 aliphatic heterocycles. The smallest absolute Gasteiger partial charge is 0.220 e. The Morgan fingerprint density at radius 1 is 0.354 bits per heavy atom. The van der Waals surface area contributed by atoms with Crippen LogP contribution in [0.4, 0.5) is 0 Å². The van der Waals surface area contributed by atoms with Crippen molar-refractivity contribution in [1.82, 2.24) is 21.3 Å². The zero-order chi connectivity index (χ0) is 82.8. The van der Waals surface area contributed by atoms with E-state index in [2.05, 4.69) is 35.1 Å². The van der Waals surface area contributed by atoms with Gasteiger partial charge in [-0.25, -0.2) is 0 Å². The van der Waals surface area contributed by atoms with Crippen molar-refractivity contribution in [3.8, 4) is 0 Å². The molecule has 32 atom stereocenters. The summed E-state index contributed by atoms with van der Waals surface area (Å²) in [6.07, 6.45) is -22.9. The quantitative estimate of drug-likeness (QED) is 0.0212. The maximum absolute atomic E-state index is 13.6. The molecule has 6 saturated heterocycles. The van der Waals surface area contributed by atoms with E-state index in [1.54, 1.807) is 6.08 Å². The Hall–Kier alpha value is -3.54. The van der Waals surface area contributed by atoms with E-state index in [4.69, 9.17) is 56.8 Å². The number of unbranched alkanes of at least 4 members (excludes halogenated alkanes) is 23. The number of hydrogen-bond acceptors (Lipinski definition) is 33. The summed E-state index contributed by atoms with van der Waals surface area (Å²) in [6.45, 7) is 1.20. The van der Waals surface area contributed by atoms with Gasteiger partial charge in [0.25, 0.3) is 0 Å². The third-order valence-corrected chi connectivity index (χ3v) is 21.6. The topological polar surface area (TPSA) is 571 Å². The average molecular weight is 1630 g/mol. The van der Waals surface area contributed by atoms with Gasteiger partial charge in [0.15, 0.2) is 37.7 Å². The minimum atomic E-state index is -2.36. The molecule has 6 fully saturated rings. The molecule has 0 aromatic carbocycles. The minimum absolute atomic E-state index is 0.145. The Balaban J connectivity index is 1.22. The second kappa shape index (κ2) is 51.8. The summed E-state index contributed by atoms with van der Waals surface area (Å²) >= 11 is 0. The molecule has 0 spiro atoms. The van der Waals surface area contributed by atoms with Gasteiger partial charge in [0.05, 0.1) is 58.4 Å². The molecule has 0 radical (unpaired) electrons. The van der Waals surface area contributed by atoms with Crippen molar-refractivity contribution in [2.45, 2.75) is 398 Å². The lowest BCUT2D eigenvalue weighted by molar-refractivity contribution is -0.391. The van der Waals surface area contributed by atoms with Crippen LogP contribution in [0.1, 0.15) is 202 Å². The normalized spacial score (nSPS) is 36.9. The van der Waals surface area contributed by atoms with E-state index in [0.29, 0.717) is 12.8 Å². The van der Waals surface area contributed by atoms with Crippen molar-refractivity contribution < 1.29 is 163 Å². The fourth-order valence-electron chi connectivity index (χ4n) is 15.0. The Morgan fingerprint density at radius 3 is 1.18 bits per heavy atom. The van der Waals surface area contributed by atoms with Gasteiger partial charge in [-0.1, -0.05) is 167 Å². The molecule has 113 heavy (non-hydrogen) atoms. The molecule has 658 valence electrons. The predicted molar refractivity (Wildman–Crippen MR) is 396 cm³/mol. The van der Waals surface area contributed by atoms with Crippen molar-refractivity contribution in [1.29, 1.82) is 0 Å². The lowest BCUT2D eigenvalue weighted by Crippen LogP contribution is -2.71. The van der Waals surface area contributed by atoms with Gasteiger partial charge in [-0.15, -0.1) is 0 Å². The molecule has 6 rings (SSSR count). The van der Waals surface area contributed by atoms with Crippen molar-refractivity contribution >= 4 is 23.6 Å². The molecule has 4 amide bonds. The highest BCUT2D eigenvalue weighted by Crippen LogP contribution is 2.38. The summed E-state index contributed by atoms with van der Waals surface area (Å²) < 4.78 is 72.0. The number of rotatable bonds is 51. The zero-order valence-electron chi connectivity index (χ0n) is 66.1. The van der Waals surface area contributed by atoms with Crippen LogP contribution in [-0.4, -0.2) is 353 Å². The Morgan fingerprint density at radius 2 is 0.708 bits per heavy atom. The molecule has 12 unspecified atom stereocenters. The predicted octanol–water partition coefficient (Wildman–Crippen LogP) is -3.06. The number of ether oxygens (including phenoxy) is 12. The molecule has 37 heteroatoms. The van der Waals surface area contributed by atoms with Crippen LogP contribution in [0.15, 0.2) is 12.2 Å². The first-order valence-corrected chi connectivity index (χ1v) is 40.9. The third-order valence-electron chi connectivity index (χ3n) is 21.6. The van der Waals surface area contributed by atoms with Gasteiger partial charge in [0.2, 0.25) is 23.6 Å². The summed E-state index contributed by atoms with van der Waals surface area (Å²) in [5.41, 5.74) is 0. The Bertz CT molecular complexity index is 2690. The third kappa shape index (κ3) is 30.0. The average Bonchev–Trinajstić information content (AvgIpc) is 0.768. The number of hydrogen-bond donors (Lipinski definition) is 21. The minimum Gasteiger partial charge on any atom is -0.394 e. The monoisotopic (exact) mass is 1630 g/mol. The fraction of sp³-hybridized carbons (Fsp3) is 0.921. The van der Waals surface area contributed by atoms with Crippen LogP contribution in [0.5, 0.6) is 0 Å². The number of amides is 4. The van der Waals surface area contributed by atoms with Crippen LogP contribution in [0.3, 0.4) is 0 Å². The summed E-state index contributed by atoms with van der Waals surface area (Å²) in [4.78, 5) is 51.4. The van der Waals surface area contributed by atoms with Crippen molar-refractivity contribution in [2.75, 3.05) is 46.2 Å². The summed E-state index contributed by atoms with van der Waals surface area (Å²) in [5.74, 6) is -2.76. The van der Waals surface area contributed by atoms with E-state index in [1.807, 2.05) is 6.08 Å². The number of carbonyl (C=O) groups excluding carboxylic acids is 4. The second-order valence-electron chi connectivity index (χ2n) is 30.7. The molecular formula is C76H136N4O33. The van der Waals surface area contributed by atoms with Gasteiger partial charge >= 0.3 is 0 Å². The zero-order valence-corrected chi connectivity index (χ0v) is 66.1. The van der Waals surface area contributed by atoms with Crippen molar-refractivity contribution in [2.24, 2.45) is 0 Å². The summed E-state index contributed by atoms with van der Waals surface area (Å²) in [7, 11) is 0. The van der Waals surface area contributed by atoms with Crippen molar-refractivity contribution in [3.05, 3.63) is 12.2 Å². The second-order valence-corrected chi connectivity index (χ2v) is 30.7. The molecule has 6 heterocycles. The van der Waals surface area contributed by atoms with Crippen LogP contribution in [0.25, 0.3) is 0 Å². The first kappa shape index (κ1) is 98.3. The maximum atomic E-state index is 13.6.